The summed E-state index contributed by atoms with van der Waals surface area (Å²) in [6, 6.07) is 4.28. The lowest BCUT2D eigenvalue weighted by Gasteiger charge is -2.49. The van der Waals surface area contributed by atoms with Crippen molar-refractivity contribution >= 4 is 11.8 Å². The molecule has 1 saturated carbocycles. The molecule has 166 valence electrons. The van der Waals surface area contributed by atoms with Gasteiger partial charge in [0.25, 0.3) is 0 Å². The van der Waals surface area contributed by atoms with Crippen LogP contribution in [0.1, 0.15) is 38.2 Å². The van der Waals surface area contributed by atoms with Gasteiger partial charge in [-0.3, -0.25) is 4.90 Å². The molecule has 1 aliphatic carbocycles. The van der Waals surface area contributed by atoms with Crippen LogP contribution in [-0.2, 0) is 16.0 Å². The highest BCUT2D eigenvalue weighted by molar-refractivity contribution is 5.74. The zero-order valence-electron chi connectivity index (χ0n) is 18.1. The number of amides is 2. The van der Waals surface area contributed by atoms with Crippen molar-refractivity contribution in [2.75, 3.05) is 57.4 Å². The molecular weight excluding hydrogens is 382 g/mol. The van der Waals surface area contributed by atoms with Gasteiger partial charge in [0, 0.05) is 45.5 Å². The molecule has 3 heterocycles. The van der Waals surface area contributed by atoms with Crippen molar-refractivity contribution < 1.29 is 14.3 Å². The second-order valence-electron chi connectivity index (χ2n) is 8.55. The summed E-state index contributed by atoms with van der Waals surface area (Å²) in [5.74, 6) is 1.03. The van der Waals surface area contributed by atoms with E-state index in [0.717, 1.165) is 77.4 Å². The van der Waals surface area contributed by atoms with Crippen LogP contribution in [0.2, 0.25) is 0 Å². The van der Waals surface area contributed by atoms with Crippen LogP contribution in [0.4, 0.5) is 10.6 Å². The lowest BCUT2D eigenvalue weighted by Crippen LogP contribution is -2.64. The van der Waals surface area contributed by atoms with Crippen molar-refractivity contribution in [1.29, 1.82) is 0 Å². The monoisotopic (exact) mass is 417 g/mol. The molecule has 2 saturated heterocycles. The first-order valence-corrected chi connectivity index (χ1v) is 11.4. The van der Waals surface area contributed by atoms with Crippen molar-refractivity contribution in [3.63, 3.8) is 0 Å². The average molecular weight is 418 g/mol. The minimum Gasteiger partial charge on any atom is -0.378 e. The Labute approximate surface area is 179 Å². The van der Waals surface area contributed by atoms with Crippen molar-refractivity contribution in [3.05, 3.63) is 23.9 Å². The minimum absolute atomic E-state index is 0.0574. The minimum atomic E-state index is -0.290. The number of nitrogens with one attached hydrogen (secondary N) is 2. The molecule has 0 radical (unpaired) electrons. The second kappa shape index (κ2) is 9.94. The molecule has 0 aromatic carbocycles. The van der Waals surface area contributed by atoms with Crippen LogP contribution in [0.25, 0.3) is 0 Å². The highest BCUT2D eigenvalue weighted by Gasteiger charge is 2.45. The number of urea groups is 1. The number of carbonyl (C=O) groups is 1. The van der Waals surface area contributed by atoms with Gasteiger partial charge < -0.3 is 25.0 Å². The fourth-order valence-electron chi connectivity index (χ4n) is 4.94. The van der Waals surface area contributed by atoms with Crippen LogP contribution in [0.5, 0.6) is 0 Å². The summed E-state index contributed by atoms with van der Waals surface area (Å²) < 4.78 is 11.8. The van der Waals surface area contributed by atoms with Crippen LogP contribution >= 0.6 is 0 Å². The molecule has 2 atom stereocenters. The third-order valence-electron chi connectivity index (χ3n) is 6.46. The predicted molar refractivity (Wildman–Crippen MR) is 116 cm³/mol. The number of anilines is 1. The molecule has 1 spiro atoms. The van der Waals surface area contributed by atoms with Gasteiger partial charge in [0.05, 0.1) is 25.9 Å². The van der Waals surface area contributed by atoms with Crippen molar-refractivity contribution in [2.24, 2.45) is 0 Å². The number of ether oxygens (including phenoxy) is 2. The maximum atomic E-state index is 12.2. The zero-order chi connectivity index (χ0) is 20.8. The highest BCUT2D eigenvalue weighted by Crippen LogP contribution is 2.35. The van der Waals surface area contributed by atoms with Gasteiger partial charge in [0.1, 0.15) is 11.4 Å². The first-order chi connectivity index (χ1) is 14.7. The van der Waals surface area contributed by atoms with Crippen molar-refractivity contribution in [2.45, 2.75) is 50.8 Å². The Morgan fingerprint density at radius 3 is 2.97 bits per heavy atom. The number of hydrogen-bond acceptors (Lipinski definition) is 6. The average Bonchev–Trinajstić information content (AvgIpc) is 2.77. The van der Waals surface area contributed by atoms with E-state index < -0.39 is 0 Å². The van der Waals surface area contributed by atoms with Gasteiger partial charge in [-0.05, 0) is 37.5 Å². The van der Waals surface area contributed by atoms with E-state index in [2.05, 4.69) is 37.6 Å². The van der Waals surface area contributed by atoms with Crippen LogP contribution in [0, 0.1) is 0 Å². The fraction of sp³-hybridized carbons (Fsp3) is 0.727. The topological polar surface area (TPSA) is 79.0 Å². The summed E-state index contributed by atoms with van der Waals surface area (Å²) in [4.78, 5) is 21.5. The summed E-state index contributed by atoms with van der Waals surface area (Å²) in [7, 11) is 0. The van der Waals surface area contributed by atoms with Crippen LogP contribution in [0.15, 0.2) is 18.3 Å². The third kappa shape index (κ3) is 5.04. The lowest BCUT2D eigenvalue weighted by molar-refractivity contribution is -0.142. The summed E-state index contributed by atoms with van der Waals surface area (Å²) in [5, 5.41) is 6.05. The standard InChI is InChI=1S/C22H35N5O3/c1-2-23-21(28)25-19-5-3-4-7-22(19)17-26(9-14-30-22)16-18-6-8-24-20(15-18)27-10-12-29-13-11-27/h6,8,15,19H,2-5,7,9-14,16-17H2,1H3,(H2,23,25,28)/t19-,22-/m0/s1. The number of carbonyl (C=O) groups excluding carboxylic acids is 1. The SMILES string of the molecule is CCNC(=O)N[C@H]1CCCC[C@]12CN(Cc1ccnc(N3CCOCC3)c1)CCO2. The van der Waals surface area contributed by atoms with Gasteiger partial charge in [-0.15, -0.1) is 0 Å². The number of rotatable bonds is 5. The van der Waals surface area contributed by atoms with Gasteiger partial charge in [0.2, 0.25) is 0 Å². The summed E-state index contributed by atoms with van der Waals surface area (Å²) in [6.07, 6.45) is 6.17. The molecule has 2 aliphatic heterocycles. The number of hydrogen-bond donors (Lipinski definition) is 2. The van der Waals surface area contributed by atoms with Gasteiger partial charge in [0.15, 0.2) is 0 Å². The molecule has 30 heavy (non-hydrogen) atoms. The first kappa shape index (κ1) is 21.3. The van der Waals surface area contributed by atoms with E-state index in [1.54, 1.807) is 0 Å². The van der Waals surface area contributed by atoms with E-state index in [-0.39, 0.29) is 17.7 Å². The molecule has 8 nitrogen and oxygen atoms in total. The molecule has 0 unspecified atom stereocenters. The predicted octanol–water partition coefficient (Wildman–Crippen LogP) is 1.75. The van der Waals surface area contributed by atoms with Crippen molar-refractivity contribution in [1.82, 2.24) is 20.5 Å². The molecule has 8 heteroatoms. The molecule has 3 fully saturated rings. The normalized spacial score (nSPS) is 27.8. The van der Waals surface area contributed by atoms with Crippen LogP contribution in [-0.4, -0.2) is 80.1 Å². The Kier molecular flexibility index (Phi) is 7.07. The molecule has 0 bridgehead atoms. The molecule has 2 amide bonds. The lowest BCUT2D eigenvalue weighted by atomic mass is 9.79. The number of aromatic nitrogens is 1. The smallest absolute Gasteiger partial charge is 0.315 e. The van der Waals surface area contributed by atoms with E-state index in [4.69, 9.17) is 9.47 Å². The Morgan fingerprint density at radius 1 is 1.27 bits per heavy atom. The maximum Gasteiger partial charge on any atom is 0.315 e. The Bertz CT molecular complexity index is 708. The molecule has 2 N–H and O–H groups in total. The summed E-state index contributed by atoms with van der Waals surface area (Å²) >= 11 is 0. The van der Waals surface area contributed by atoms with Crippen molar-refractivity contribution in [3.8, 4) is 0 Å². The largest absolute Gasteiger partial charge is 0.378 e. The number of morpholine rings is 2. The summed E-state index contributed by atoms with van der Waals surface area (Å²) in [5.41, 5.74) is 0.981. The van der Waals surface area contributed by atoms with E-state index in [0.29, 0.717) is 13.2 Å². The Morgan fingerprint density at radius 2 is 2.13 bits per heavy atom. The molecule has 3 aliphatic rings. The van der Waals surface area contributed by atoms with E-state index >= 15 is 0 Å². The van der Waals surface area contributed by atoms with E-state index in [1.165, 1.54) is 5.56 Å². The molecular formula is C22H35N5O3. The van der Waals surface area contributed by atoms with Gasteiger partial charge in [-0.1, -0.05) is 12.8 Å². The van der Waals surface area contributed by atoms with Gasteiger partial charge in [-0.25, -0.2) is 9.78 Å². The van der Waals surface area contributed by atoms with Crippen LogP contribution in [0.3, 0.4) is 0 Å². The van der Waals surface area contributed by atoms with Gasteiger partial charge >= 0.3 is 6.03 Å². The van der Waals surface area contributed by atoms with Crippen LogP contribution < -0.4 is 15.5 Å². The Hall–Kier alpha value is -1.90. The molecule has 4 rings (SSSR count). The van der Waals surface area contributed by atoms with E-state index in [9.17, 15) is 4.79 Å². The number of pyridine rings is 1. The molecule has 1 aromatic heterocycles. The fourth-order valence-corrected chi connectivity index (χ4v) is 4.94. The zero-order valence-corrected chi connectivity index (χ0v) is 18.1. The first-order valence-electron chi connectivity index (χ1n) is 11.4. The summed E-state index contributed by atoms with van der Waals surface area (Å²) in [6.45, 7) is 9.21. The third-order valence-corrected chi connectivity index (χ3v) is 6.46. The van der Waals surface area contributed by atoms with E-state index in [1.807, 2.05) is 13.1 Å². The van der Waals surface area contributed by atoms with Gasteiger partial charge in [-0.2, -0.15) is 0 Å². The molecule has 1 aromatic rings. The number of nitrogens with zero attached hydrogens (tertiary/aromatic N) is 3. The Balaban J connectivity index is 1.42. The highest BCUT2D eigenvalue weighted by atomic mass is 16.5. The quantitative estimate of drug-likeness (QED) is 0.760. The second-order valence-corrected chi connectivity index (χ2v) is 8.55. The maximum absolute atomic E-state index is 12.2.